The van der Waals surface area contributed by atoms with E-state index in [2.05, 4.69) is 33.4 Å². The lowest BCUT2D eigenvalue weighted by Crippen LogP contribution is -2.16. The van der Waals surface area contributed by atoms with E-state index in [-0.39, 0.29) is 5.91 Å². The minimum absolute atomic E-state index is 0.0163. The number of carbonyl (C=O) groups is 1. The Kier molecular flexibility index (Phi) is 7.34. The van der Waals surface area contributed by atoms with Crippen LogP contribution in [0.3, 0.4) is 0 Å². The number of unbranched alkanes of at least 4 members (excludes halogenated alkanes) is 3. The van der Waals surface area contributed by atoms with Crippen molar-refractivity contribution in [2.75, 3.05) is 0 Å². The van der Waals surface area contributed by atoms with Crippen molar-refractivity contribution < 1.29 is 4.79 Å². The molecule has 0 aliphatic carbocycles. The van der Waals surface area contributed by atoms with E-state index < -0.39 is 0 Å². The maximum absolute atomic E-state index is 11.4. The highest BCUT2D eigenvalue weighted by molar-refractivity contribution is 9.10. The number of nitrogens with one attached hydrogen (secondary N) is 1. The lowest BCUT2D eigenvalue weighted by atomic mass is 10.1. The SMILES string of the molecule is CCCCCCC(=O)NN=Cc1cccc(Br)c1. The largest absolute Gasteiger partial charge is 0.273 e. The average Bonchev–Trinajstić information content (AvgIpc) is 2.35. The molecule has 0 unspecified atom stereocenters. The number of hydrazone groups is 1. The summed E-state index contributed by atoms with van der Waals surface area (Å²) in [6.45, 7) is 2.16. The van der Waals surface area contributed by atoms with Gasteiger partial charge in [0.05, 0.1) is 6.21 Å². The average molecular weight is 311 g/mol. The van der Waals surface area contributed by atoms with Crippen molar-refractivity contribution in [3.8, 4) is 0 Å². The van der Waals surface area contributed by atoms with Gasteiger partial charge in [-0.1, -0.05) is 54.2 Å². The van der Waals surface area contributed by atoms with Gasteiger partial charge in [0, 0.05) is 10.9 Å². The van der Waals surface area contributed by atoms with Crippen molar-refractivity contribution >= 4 is 28.1 Å². The van der Waals surface area contributed by atoms with Crippen LogP contribution in [-0.4, -0.2) is 12.1 Å². The Morgan fingerprint density at radius 2 is 2.22 bits per heavy atom. The number of rotatable bonds is 7. The van der Waals surface area contributed by atoms with Crippen LogP contribution in [0.25, 0.3) is 0 Å². The van der Waals surface area contributed by atoms with Gasteiger partial charge in [0.2, 0.25) is 5.91 Å². The molecule has 3 nitrogen and oxygen atoms in total. The smallest absolute Gasteiger partial charge is 0.240 e. The molecular formula is C14H19BrN2O. The van der Waals surface area contributed by atoms with Crippen molar-refractivity contribution in [3.63, 3.8) is 0 Å². The van der Waals surface area contributed by atoms with Gasteiger partial charge in [-0.3, -0.25) is 4.79 Å². The van der Waals surface area contributed by atoms with E-state index >= 15 is 0 Å². The minimum Gasteiger partial charge on any atom is -0.273 e. The van der Waals surface area contributed by atoms with Crippen molar-refractivity contribution in [3.05, 3.63) is 34.3 Å². The van der Waals surface area contributed by atoms with Gasteiger partial charge in [-0.15, -0.1) is 0 Å². The second-order valence-electron chi connectivity index (χ2n) is 4.16. The van der Waals surface area contributed by atoms with Gasteiger partial charge in [0.1, 0.15) is 0 Å². The summed E-state index contributed by atoms with van der Waals surface area (Å²) in [5.74, 6) is -0.0163. The Balaban J connectivity index is 2.25. The monoisotopic (exact) mass is 310 g/mol. The van der Waals surface area contributed by atoms with Gasteiger partial charge < -0.3 is 0 Å². The molecule has 1 N–H and O–H groups in total. The van der Waals surface area contributed by atoms with E-state index in [1.165, 1.54) is 12.8 Å². The molecule has 0 heterocycles. The van der Waals surface area contributed by atoms with E-state index in [1.54, 1.807) is 6.21 Å². The van der Waals surface area contributed by atoms with E-state index in [4.69, 9.17) is 0 Å². The topological polar surface area (TPSA) is 41.5 Å². The molecule has 0 aromatic heterocycles. The molecule has 0 saturated carbocycles. The summed E-state index contributed by atoms with van der Waals surface area (Å²) in [4.78, 5) is 11.4. The summed E-state index contributed by atoms with van der Waals surface area (Å²) in [6.07, 6.45) is 6.62. The molecule has 1 aromatic rings. The first kappa shape index (κ1) is 14.9. The minimum atomic E-state index is -0.0163. The molecule has 18 heavy (non-hydrogen) atoms. The first-order valence-corrected chi connectivity index (χ1v) is 7.09. The van der Waals surface area contributed by atoms with E-state index in [0.29, 0.717) is 6.42 Å². The number of hydrogen-bond acceptors (Lipinski definition) is 2. The second kappa shape index (κ2) is 8.86. The third-order valence-corrected chi connectivity index (χ3v) is 3.00. The van der Waals surface area contributed by atoms with Crippen LogP contribution >= 0.6 is 15.9 Å². The molecule has 1 amide bonds. The molecule has 1 aromatic carbocycles. The normalized spacial score (nSPS) is 10.8. The number of amides is 1. The molecule has 0 aliphatic rings. The highest BCUT2D eigenvalue weighted by Crippen LogP contribution is 2.09. The molecule has 1 rings (SSSR count). The van der Waals surface area contributed by atoms with Crippen molar-refractivity contribution in [1.29, 1.82) is 0 Å². The number of benzene rings is 1. The Morgan fingerprint density at radius 1 is 1.39 bits per heavy atom. The predicted molar refractivity (Wildman–Crippen MR) is 78.6 cm³/mol. The van der Waals surface area contributed by atoms with Crippen molar-refractivity contribution in [1.82, 2.24) is 5.43 Å². The molecule has 0 bridgehead atoms. The third kappa shape index (κ3) is 6.55. The molecular weight excluding hydrogens is 292 g/mol. The van der Waals surface area contributed by atoms with Crippen LogP contribution in [0.15, 0.2) is 33.8 Å². The number of nitrogens with zero attached hydrogens (tertiary/aromatic N) is 1. The van der Waals surface area contributed by atoms with Gasteiger partial charge in [-0.25, -0.2) is 5.43 Å². The quantitative estimate of drug-likeness (QED) is 0.463. The highest BCUT2D eigenvalue weighted by atomic mass is 79.9. The molecule has 4 heteroatoms. The first-order chi connectivity index (χ1) is 8.72. The summed E-state index contributed by atoms with van der Waals surface area (Å²) in [5.41, 5.74) is 3.50. The van der Waals surface area contributed by atoms with Gasteiger partial charge in [0.25, 0.3) is 0 Å². The fraction of sp³-hybridized carbons (Fsp3) is 0.429. The lowest BCUT2D eigenvalue weighted by Gasteiger charge is -1.99. The van der Waals surface area contributed by atoms with E-state index in [9.17, 15) is 4.79 Å². The van der Waals surface area contributed by atoms with E-state index in [1.807, 2.05) is 24.3 Å². The summed E-state index contributed by atoms with van der Waals surface area (Å²) in [6, 6.07) is 7.75. The summed E-state index contributed by atoms with van der Waals surface area (Å²) >= 11 is 3.38. The van der Waals surface area contributed by atoms with Gasteiger partial charge in [0.15, 0.2) is 0 Å². The van der Waals surface area contributed by atoms with Gasteiger partial charge in [-0.2, -0.15) is 5.10 Å². The Bertz CT molecular complexity index is 405. The standard InChI is InChI=1S/C14H19BrN2O/c1-2-3-4-5-9-14(18)17-16-11-12-7-6-8-13(15)10-12/h6-8,10-11H,2-5,9H2,1H3,(H,17,18). The number of hydrogen-bond donors (Lipinski definition) is 1. The lowest BCUT2D eigenvalue weighted by molar-refractivity contribution is -0.121. The zero-order valence-corrected chi connectivity index (χ0v) is 12.2. The third-order valence-electron chi connectivity index (χ3n) is 2.51. The number of carbonyl (C=O) groups excluding carboxylic acids is 1. The molecule has 0 radical (unpaired) electrons. The predicted octanol–water partition coefficient (Wildman–Crippen LogP) is 3.87. The van der Waals surface area contributed by atoms with Crippen LogP contribution in [0.1, 0.15) is 44.6 Å². The fourth-order valence-corrected chi connectivity index (χ4v) is 1.95. The molecule has 98 valence electrons. The van der Waals surface area contributed by atoms with Crippen LogP contribution in [0.2, 0.25) is 0 Å². The Morgan fingerprint density at radius 3 is 2.94 bits per heavy atom. The summed E-state index contributed by atoms with van der Waals surface area (Å²) in [7, 11) is 0. The van der Waals surface area contributed by atoms with Crippen LogP contribution in [-0.2, 0) is 4.79 Å². The zero-order chi connectivity index (χ0) is 13.2. The highest BCUT2D eigenvalue weighted by Gasteiger charge is 1.98. The maximum Gasteiger partial charge on any atom is 0.240 e. The molecule has 0 fully saturated rings. The number of halogens is 1. The van der Waals surface area contributed by atoms with Gasteiger partial charge >= 0.3 is 0 Å². The summed E-state index contributed by atoms with van der Waals surface area (Å²) < 4.78 is 0.998. The van der Waals surface area contributed by atoms with Crippen LogP contribution in [0, 0.1) is 0 Å². The van der Waals surface area contributed by atoms with Crippen molar-refractivity contribution in [2.45, 2.75) is 39.0 Å². The van der Waals surface area contributed by atoms with Crippen LogP contribution < -0.4 is 5.43 Å². The van der Waals surface area contributed by atoms with Crippen LogP contribution in [0.4, 0.5) is 0 Å². The molecule has 0 atom stereocenters. The van der Waals surface area contributed by atoms with Crippen molar-refractivity contribution in [2.24, 2.45) is 5.10 Å². The molecule has 0 saturated heterocycles. The Labute approximate surface area is 117 Å². The molecule has 0 aliphatic heterocycles. The fourth-order valence-electron chi connectivity index (χ4n) is 1.53. The second-order valence-corrected chi connectivity index (χ2v) is 5.07. The zero-order valence-electron chi connectivity index (χ0n) is 10.7. The first-order valence-electron chi connectivity index (χ1n) is 6.30. The summed E-state index contributed by atoms with van der Waals surface area (Å²) in [5, 5.41) is 3.94. The van der Waals surface area contributed by atoms with E-state index in [0.717, 1.165) is 22.9 Å². The Hall–Kier alpha value is -1.16. The van der Waals surface area contributed by atoms with Crippen LogP contribution in [0.5, 0.6) is 0 Å². The molecule has 0 spiro atoms. The maximum atomic E-state index is 11.4. The van der Waals surface area contributed by atoms with Gasteiger partial charge in [-0.05, 0) is 24.1 Å².